The van der Waals surface area contributed by atoms with Crippen LogP contribution in [-0.4, -0.2) is 14.5 Å². The SMILES string of the molecule is CC1(C)c2ccccc2-c2nc(-n3c4cc5ccccc5cc4c4c5cccc6c5c(cc43)-c3ccccc3-6)nc(-c3ccc(-c4ccccc4)cc3)c21. The first kappa shape index (κ1) is 29.7. The molecule has 0 N–H and O–H groups in total. The Balaban J connectivity index is 1.21. The summed E-state index contributed by atoms with van der Waals surface area (Å²) in [5.74, 6) is 0.688. The maximum Gasteiger partial charge on any atom is 0.235 e. The summed E-state index contributed by atoms with van der Waals surface area (Å²) >= 11 is 0. The van der Waals surface area contributed by atoms with Crippen LogP contribution in [0.1, 0.15) is 25.0 Å². The Morgan fingerprint density at radius 1 is 0.426 bits per heavy atom. The molecule has 12 rings (SSSR count). The second-order valence-electron chi connectivity index (χ2n) is 15.4. The lowest BCUT2D eigenvalue weighted by Crippen LogP contribution is -2.18. The van der Waals surface area contributed by atoms with Gasteiger partial charge in [-0.15, -0.1) is 0 Å². The van der Waals surface area contributed by atoms with Gasteiger partial charge in [-0.3, -0.25) is 4.57 Å². The Morgan fingerprint density at radius 2 is 1.04 bits per heavy atom. The van der Waals surface area contributed by atoms with E-state index < -0.39 is 0 Å². The molecule has 2 aliphatic carbocycles. The predicted octanol–water partition coefficient (Wildman–Crippen LogP) is 13.2. The number of rotatable bonds is 3. The van der Waals surface area contributed by atoms with Crippen molar-refractivity contribution >= 4 is 43.4 Å². The third-order valence-corrected chi connectivity index (χ3v) is 12.1. The third kappa shape index (κ3) is 3.91. The van der Waals surface area contributed by atoms with Crippen LogP contribution in [0.3, 0.4) is 0 Å². The number of hydrogen-bond acceptors (Lipinski definition) is 2. The molecule has 2 aromatic heterocycles. The van der Waals surface area contributed by atoms with Crippen molar-refractivity contribution in [2.24, 2.45) is 0 Å². The van der Waals surface area contributed by atoms with Crippen LogP contribution in [0.5, 0.6) is 0 Å². The van der Waals surface area contributed by atoms with E-state index in [-0.39, 0.29) is 5.41 Å². The van der Waals surface area contributed by atoms with Crippen LogP contribution in [0.25, 0.3) is 105 Å². The summed E-state index contributed by atoms with van der Waals surface area (Å²) in [5, 5.41) is 7.45. The Labute approximate surface area is 312 Å². The fourth-order valence-electron chi connectivity index (χ4n) is 9.64. The van der Waals surface area contributed by atoms with E-state index in [2.05, 4.69) is 182 Å². The molecule has 0 radical (unpaired) electrons. The zero-order valence-corrected chi connectivity index (χ0v) is 29.9. The summed E-state index contributed by atoms with van der Waals surface area (Å²) in [5.41, 5.74) is 16.2. The molecule has 2 heterocycles. The van der Waals surface area contributed by atoms with Gasteiger partial charge in [0.05, 0.1) is 22.4 Å². The smallest absolute Gasteiger partial charge is 0.235 e. The first-order chi connectivity index (χ1) is 26.5. The largest absolute Gasteiger partial charge is 0.278 e. The van der Waals surface area contributed by atoms with Crippen LogP contribution < -0.4 is 0 Å². The van der Waals surface area contributed by atoms with Gasteiger partial charge in [0, 0.05) is 32.9 Å². The second kappa shape index (κ2) is 10.6. The maximum atomic E-state index is 5.66. The van der Waals surface area contributed by atoms with Crippen molar-refractivity contribution in [2.75, 3.05) is 0 Å². The van der Waals surface area contributed by atoms with Crippen LogP contribution in [0.2, 0.25) is 0 Å². The van der Waals surface area contributed by atoms with Crippen molar-refractivity contribution in [3.63, 3.8) is 0 Å². The Hall–Kier alpha value is -6.84. The van der Waals surface area contributed by atoms with Crippen LogP contribution in [-0.2, 0) is 5.41 Å². The predicted molar refractivity (Wildman–Crippen MR) is 224 cm³/mol. The van der Waals surface area contributed by atoms with Gasteiger partial charge in [-0.2, -0.15) is 0 Å². The fraction of sp³-hybridized carbons (Fsp3) is 0.0588. The Morgan fingerprint density at radius 3 is 1.83 bits per heavy atom. The standard InChI is InChI=1S/C51H33N3/c1-51(2)42-22-11-10-19-38(42)49-47(51)48(32-25-23-31(24-26-32)30-13-4-3-5-14-30)52-50(53-49)54-43-28-34-16-7-6-15-33(34)27-41(43)46-39-21-12-20-37-35-17-8-9-18-36(35)40(45(37)39)29-44(46)54/h3-29H,1-2H3. The number of nitrogens with zero attached hydrogens (tertiary/aromatic N) is 3. The van der Waals surface area contributed by atoms with E-state index in [1.54, 1.807) is 0 Å². The van der Waals surface area contributed by atoms with Crippen molar-refractivity contribution in [1.29, 1.82) is 0 Å². The molecule has 0 fully saturated rings. The van der Waals surface area contributed by atoms with E-state index in [9.17, 15) is 0 Å². The molecule has 0 saturated heterocycles. The van der Waals surface area contributed by atoms with Gasteiger partial charge >= 0.3 is 0 Å². The summed E-state index contributed by atoms with van der Waals surface area (Å²) < 4.78 is 2.34. The maximum absolute atomic E-state index is 5.66. The second-order valence-corrected chi connectivity index (χ2v) is 15.4. The first-order valence-corrected chi connectivity index (χ1v) is 18.8. The van der Waals surface area contributed by atoms with Gasteiger partial charge < -0.3 is 0 Å². The summed E-state index contributed by atoms with van der Waals surface area (Å²) in [6.07, 6.45) is 0. The van der Waals surface area contributed by atoms with Crippen molar-refractivity contribution < 1.29 is 0 Å². The minimum absolute atomic E-state index is 0.281. The van der Waals surface area contributed by atoms with E-state index in [0.717, 1.165) is 28.0 Å². The Bertz CT molecular complexity index is 3220. The van der Waals surface area contributed by atoms with Gasteiger partial charge in [-0.1, -0.05) is 159 Å². The number of fused-ring (bicyclic) bond motifs is 11. The highest BCUT2D eigenvalue weighted by atomic mass is 15.2. The first-order valence-electron chi connectivity index (χ1n) is 18.8. The lowest BCUT2D eigenvalue weighted by Gasteiger charge is -2.24. The molecule has 252 valence electrons. The molecular formula is C51H33N3. The molecule has 54 heavy (non-hydrogen) atoms. The van der Waals surface area contributed by atoms with E-state index >= 15 is 0 Å². The minimum atomic E-state index is -0.281. The molecule has 0 spiro atoms. The third-order valence-electron chi connectivity index (χ3n) is 12.1. The monoisotopic (exact) mass is 687 g/mol. The van der Waals surface area contributed by atoms with Gasteiger partial charge in [0.1, 0.15) is 0 Å². The molecule has 3 nitrogen and oxygen atoms in total. The summed E-state index contributed by atoms with van der Waals surface area (Å²) in [7, 11) is 0. The van der Waals surface area contributed by atoms with Crippen molar-refractivity contribution in [1.82, 2.24) is 14.5 Å². The molecule has 2 aliphatic rings. The highest BCUT2D eigenvalue weighted by Gasteiger charge is 2.40. The van der Waals surface area contributed by atoms with E-state index in [4.69, 9.17) is 9.97 Å². The van der Waals surface area contributed by atoms with Gasteiger partial charge in [0.15, 0.2) is 0 Å². The average molecular weight is 688 g/mol. The van der Waals surface area contributed by atoms with Crippen molar-refractivity contribution in [3.05, 3.63) is 175 Å². The van der Waals surface area contributed by atoms with Crippen molar-refractivity contribution in [3.8, 4) is 61.8 Å². The van der Waals surface area contributed by atoms with Gasteiger partial charge in [0.25, 0.3) is 0 Å². The van der Waals surface area contributed by atoms with Gasteiger partial charge in [-0.25, -0.2) is 9.97 Å². The van der Waals surface area contributed by atoms with Crippen molar-refractivity contribution in [2.45, 2.75) is 19.3 Å². The quantitative estimate of drug-likeness (QED) is 0.185. The zero-order chi connectivity index (χ0) is 35.7. The van der Waals surface area contributed by atoms with Crippen LogP contribution in [0.15, 0.2) is 164 Å². The molecule has 8 aromatic carbocycles. The minimum Gasteiger partial charge on any atom is -0.278 e. The average Bonchev–Trinajstić information content (AvgIpc) is 3.81. The number of hydrogen-bond donors (Lipinski definition) is 0. The lowest BCUT2D eigenvalue weighted by molar-refractivity contribution is 0.657. The molecule has 0 atom stereocenters. The zero-order valence-electron chi connectivity index (χ0n) is 29.9. The molecule has 3 heteroatoms. The normalized spacial score (nSPS) is 13.5. The number of aromatic nitrogens is 3. The van der Waals surface area contributed by atoms with Crippen LogP contribution in [0.4, 0.5) is 0 Å². The Kier molecular flexibility index (Phi) is 5.84. The highest BCUT2D eigenvalue weighted by molar-refractivity contribution is 6.30. The summed E-state index contributed by atoms with van der Waals surface area (Å²) in [6, 6.07) is 59.7. The molecule has 0 bridgehead atoms. The van der Waals surface area contributed by atoms with Gasteiger partial charge in [0.2, 0.25) is 5.95 Å². The molecule has 10 aromatic rings. The topological polar surface area (TPSA) is 30.7 Å². The fourth-order valence-corrected chi connectivity index (χ4v) is 9.64. The van der Waals surface area contributed by atoms with Crippen LogP contribution >= 0.6 is 0 Å². The molecule has 0 unspecified atom stereocenters. The molecular weight excluding hydrogens is 655 g/mol. The molecule has 0 amide bonds. The summed E-state index contributed by atoms with van der Waals surface area (Å²) in [4.78, 5) is 11.3. The highest BCUT2D eigenvalue weighted by Crippen LogP contribution is 2.53. The van der Waals surface area contributed by atoms with E-state index in [1.165, 1.54) is 82.4 Å². The lowest BCUT2D eigenvalue weighted by atomic mass is 9.81. The van der Waals surface area contributed by atoms with E-state index in [1.807, 2.05) is 0 Å². The number of benzene rings is 8. The van der Waals surface area contributed by atoms with Gasteiger partial charge in [-0.05, 0) is 78.7 Å². The van der Waals surface area contributed by atoms with E-state index in [0.29, 0.717) is 5.95 Å². The molecule has 0 aliphatic heterocycles. The van der Waals surface area contributed by atoms with Crippen LogP contribution in [0, 0.1) is 0 Å². The summed E-state index contributed by atoms with van der Waals surface area (Å²) in [6.45, 7) is 4.64. The molecule has 0 saturated carbocycles.